The minimum atomic E-state index is -0.756. The predicted molar refractivity (Wildman–Crippen MR) is 24.6 cm³/mol. The molecule has 0 saturated carbocycles. The maximum absolute atomic E-state index is 10.1. The summed E-state index contributed by atoms with van der Waals surface area (Å²) in [5.41, 5.74) is 0. The fourth-order valence-corrected chi connectivity index (χ4v) is 0.291. The molecule has 5 heteroatoms. The second kappa shape index (κ2) is 1.61. The molecule has 4 amide bonds. The number of urea groups is 2. The third kappa shape index (κ3) is 0.810. The number of nitrogens with zero attached hydrogens (tertiary/aromatic N) is 2. The maximum Gasteiger partial charge on any atom is 0.373 e. The van der Waals surface area contributed by atoms with E-state index in [0.717, 1.165) is 6.34 Å². The average Bonchev–Trinajstić information content (AvgIpc) is 1.64. The van der Waals surface area contributed by atoms with Crippen LogP contribution in [0.5, 0.6) is 0 Å². The van der Waals surface area contributed by atoms with Crippen molar-refractivity contribution in [1.82, 2.24) is 10.6 Å². The molecule has 0 fully saturated rings. The molecular weight excluding hydrogens is 110 g/mol. The lowest BCUT2D eigenvalue weighted by Crippen LogP contribution is -2.36. The molecule has 5 nitrogen and oxygen atoms in total. The molecule has 0 spiro atoms. The fourth-order valence-electron chi connectivity index (χ4n) is 0.291. The van der Waals surface area contributed by atoms with Crippen molar-refractivity contribution in [2.24, 2.45) is 4.99 Å². The van der Waals surface area contributed by atoms with Gasteiger partial charge in [0.2, 0.25) is 0 Å². The van der Waals surface area contributed by atoms with Gasteiger partial charge < -0.3 is 0 Å². The summed E-state index contributed by atoms with van der Waals surface area (Å²) in [7, 11) is 0. The topological polar surface area (TPSA) is 72.6 Å². The van der Waals surface area contributed by atoms with Crippen LogP contribution in [0.3, 0.4) is 0 Å². The van der Waals surface area contributed by atoms with Crippen molar-refractivity contribution < 1.29 is 9.59 Å². The first-order valence-electron chi connectivity index (χ1n) is 1.88. The first kappa shape index (κ1) is 4.76. The highest BCUT2D eigenvalue weighted by atomic mass is 16.2. The summed E-state index contributed by atoms with van der Waals surface area (Å²) in [6.45, 7) is 0. The van der Waals surface area contributed by atoms with Crippen LogP contribution in [0.15, 0.2) is 4.99 Å². The summed E-state index contributed by atoms with van der Waals surface area (Å²) in [6, 6.07) is -1.42. The van der Waals surface area contributed by atoms with E-state index in [1.54, 1.807) is 0 Å². The van der Waals surface area contributed by atoms with E-state index in [9.17, 15) is 9.59 Å². The second-order valence-electron chi connectivity index (χ2n) is 1.10. The smallest absolute Gasteiger partial charge is 0.296 e. The Morgan fingerprint density at radius 2 is 2.25 bits per heavy atom. The summed E-state index contributed by atoms with van der Waals surface area (Å²) in [4.78, 5) is 23.2. The zero-order chi connectivity index (χ0) is 5.98. The molecule has 0 unspecified atom stereocenters. The third-order valence-electron chi connectivity index (χ3n) is 0.560. The number of rotatable bonds is 0. The van der Waals surface area contributed by atoms with Gasteiger partial charge in [-0.2, -0.15) is 4.99 Å². The van der Waals surface area contributed by atoms with Crippen LogP contribution in [0.1, 0.15) is 0 Å². The van der Waals surface area contributed by atoms with Gasteiger partial charge in [0, 0.05) is 0 Å². The first-order valence-corrected chi connectivity index (χ1v) is 1.88. The first-order chi connectivity index (χ1) is 3.79. The number of amides is 4. The number of imide groups is 1. The minimum absolute atomic E-state index is 0.662. The Balaban J connectivity index is 2.68. The average molecular weight is 112 g/mol. The number of nitrogens with one attached hydrogen (secondary N) is 1. The molecule has 8 heavy (non-hydrogen) atoms. The minimum Gasteiger partial charge on any atom is -0.296 e. The van der Waals surface area contributed by atoms with Crippen LogP contribution in [0, 0.1) is 0 Å². The van der Waals surface area contributed by atoms with Crippen LogP contribution in [0.4, 0.5) is 9.59 Å². The molecule has 41 valence electrons. The summed E-state index contributed by atoms with van der Waals surface area (Å²) in [6.07, 6.45) is 1.01. The molecular formula is C3H2N3O2. The monoisotopic (exact) mass is 112 g/mol. The van der Waals surface area contributed by atoms with Gasteiger partial charge in [-0.15, -0.1) is 5.32 Å². The molecule has 1 N–H and O–H groups in total. The van der Waals surface area contributed by atoms with E-state index in [4.69, 9.17) is 0 Å². The lowest BCUT2D eigenvalue weighted by atomic mass is 10.8. The molecule has 1 aliphatic heterocycles. The van der Waals surface area contributed by atoms with Crippen LogP contribution in [0.25, 0.3) is 0 Å². The van der Waals surface area contributed by atoms with E-state index in [0.29, 0.717) is 0 Å². The summed E-state index contributed by atoms with van der Waals surface area (Å²) >= 11 is 0. The molecule has 1 heterocycles. The SMILES string of the molecule is O=C1[N]C(=O)NC=N1. The van der Waals surface area contributed by atoms with Crippen LogP contribution < -0.4 is 10.6 Å². The van der Waals surface area contributed by atoms with E-state index in [1.165, 1.54) is 0 Å². The van der Waals surface area contributed by atoms with Crippen molar-refractivity contribution in [3.05, 3.63) is 0 Å². The molecule has 0 aromatic carbocycles. The molecule has 0 saturated heterocycles. The van der Waals surface area contributed by atoms with E-state index >= 15 is 0 Å². The number of aliphatic imine (C=N–C) groups is 1. The highest BCUT2D eigenvalue weighted by molar-refractivity contribution is 6.04. The van der Waals surface area contributed by atoms with E-state index < -0.39 is 12.1 Å². The van der Waals surface area contributed by atoms with E-state index in [1.807, 2.05) is 0 Å². The van der Waals surface area contributed by atoms with Crippen LogP contribution in [-0.2, 0) is 0 Å². The Morgan fingerprint density at radius 3 is 2.62 bits per heavy atom. The Bertz CT molecular complexity index is 162. The maximum atomic E-state index is 10.1. The number of hydrogen-bond acceptors (Lipinski definition) is 2. The van der Waals surface area contributed by atoms with Gasteiger partial charge in [0.05, 0.1) is 0 Å². The molecule has 1 radical (unpaired) electrons. The van der Waals surface area contributed by atoms with Gasteiger partial charge in [-0.25, -0.2) is 9.59 Å². The van der Waals surface area contributed by atoms with Crippen LogP contribution in [-0.4, -0.2) is 18.4 Å². The van der Waals surface area contributed by atoms with Gasteiger partial charge in [-0.3, -0.25) is 5.32 Å². The molecule has 0 aliphatic carbocycles. The Kier molecular flexibility index (Phi) is 0.957. The lowest BCUT2D eigenvalue weighted by Gasteiger charge is -1.98. The third-order valence-corrected chi connectivity index (χ3v) is 0.560. The van der Waals surface area contributed by atoms with Crippen molar-refractivity contribution in [3.8, 4) is 0 Å². The fraction of sp³-hybridized carbons (Fsp3) is 0. The lowest BCUT2D eigenvalue weighted by molar-refractivity contribution is 0.232. The zero-order valence-electron chi connectivity index (χ0n) is 3.79. The molecule has 0 atom stereocenters. The van der Waals surface area contributed by atoms with E-state index in [2.05, 4.69) is 15.6 Å². The van der Waals surface area contributed by atoms with Gasteiger partial charge in [-0.1, -0.05) is 0 Å². The summed E-state index contributed by atoms with van der Waals surface area (Å²) < 4.78 is 0. The Labute approximate surface area is 44.8 Å². The summed E-state index contributed by atoms with van der Waals surface area (Å²) in [5.74, 6) is 0. The highest BCUT2D eigenvalue weighted by Crippen LogP contribution is 1.79. The molecule has 0 aromatic heterocycles. The Hall–Kier alpha value is -1.39. The van der Waals surface area contributed by atoms with Crippen molar-refractivity contribution in [2.45, 2.75) is 0 Å². The Morgan fingerprint density at radius 1 is 1.50 bits per heavy atom. The zero-order valence-corrected chi connectivity index (χ0v) is 3.79. The number of carbonyl (C=O) groups excluding carboxylic acids is 2. The van der Waals surface area contributed by atoms with Crippen molar-refractivity contribution in [2.75, 3.05) is 0 Å². The predicted octanol–water partition coefficient (Wildman–Crippen LogP) is -0.538. The van der Waals surface area contributed by atoms with Gasteiger partial charge in [0.1, 0.15) is 6.34 Å². The quantitative estimate of drug-likeness (QED) is 0.457. The number of carbonyl (C=O) groups is 2. The van der Waals surface area contributed by atoms with Gasteiger partial charge >= 0.3 is 12.1 Å². The van der Waals surface area contributed by atoms with Gasteiger partial charge in [0.25, 0.3) is 0 Å². The second-order valence-corrected chi connectivity index (χ2v) is 1.10. The number of hydrogen-bond donors (Lipinski definition) is 1. The van der Waals surface area contributed by atoms with Crippen molar-refractivity contribution >= 4 is 18.4 Å². The normalized spacial score (nSPS) is 17.5. The highest BCUT2D eigenvalue weighted by Gasteiger charge is 2.10. The van der Waals surface area contributed by atoms with Gasteiger partial charge in [-0.05, 0) is 0 Å². The van der Waals surface area contributed by atoms with Crippen molar-refractivity contribution in [3.63, 3.8) is 0 Å². The van der Waals surface area contributed by atoms with Crippen molar-refractivity contribution in [1.29, 1.82) is 0 Å². The van der Waals surface area contributed by atoms with Crippen LogP contribution >= 0.6 is 0 Å². The molecule has 1 aliphatic rings. The summed E-state index contributed by atoms with van der Waals surface area (Å²) in [5, 5.41) is 4.99. The standard InChI is InChI=1S/C3H2N3O2/c7-2-4-1-5-3(8)6-2/h1H,(H,4,5,7,8). The largest absolute Gasteiger partial charge is 0.373 e. The van der Waals surface area contributed by atoms with E-state index in [-0.39, 0.29) is 0 Å². The van der Waals surface area contributed by atoms with Crippen LogP contribution in [0.2, 0.25) is 0 Å². The molecule has 0 aromatic rings. The van der Waals surface area contributed by atoms with Gasteiger partial charge in [0.15, 0.2) is 0 Å². The molecule has 1 rings (SSSR count). The molecule has 0 bridgehead atoms.